The molecule has 0 unspecified atom stereocenters. The minimum Gasteiger partial charge on any atom is -0.464 e. The van der Waals surface area contributed by atoms with E-state index in [-0.39, 0.29) is 19.0 Å². The number of hydrogen-bond donors (Lipinski definition) is 0. The molecule has 0 amide bonds. The number of benzene rings is 1. The molecule has 0 spiro atoms. The number of fused-ring (bicyclic) bond motifs is 1. The fourth-order valence-corrected chi connectivity index (χ4v) is 2.35. The van der Waals surface area contributed by atoms with Crippen molar-refractivity contribution in [1.29, 1.82) is 0 Å². The lowest BCUT2D eigenvalue weighted by molar-refractivity contribution is -0.144. The molecule has 23 heavy (non-hydrogen) atoms. The second-order valence-corrected chi connectivity index (χ2v) is 5.45. The van der Waals surface area contributed by atoms with Crippen LogP contribution in [0.15, 0.2) is 33.4 Å². The number of furan rings is 1. The van der Waals surface area contributed by atoms with Gasteiger partial charge in [0.25, 0.3) is 5.89 Å². The Bertz CT molecular complexity index is 819. The molecule has 0 saturated carbocycles. The normalized spacial score (nSPS) is 11.0. The van der Waals surface area contributed by atoms with E-state index < -0.39 is 0 Å². The quantitative estimate of drug-likeness (QED) is 0.649. The second kappa shape index (κ2) is 6.64. The summed E-state index contributed by atoms with van der Waals surface area (Å²) >= 11 is 0. The zero-order valence-corrected chi connectivity index (χ0v) is 13.2. The molecule has 0 atom stereocenters. The van der Waals surface area contributed by atoms with E-state index in [1.54, 1.807) is 6.26 Å². The number of nitrogens with zero attached hydrogens (tertiary/aromatic N) is 2. The van der Waals surface area contributed by atoms with Crippen molar-refractivity contribution < 1.29 is 18.5 Å². The van der Waals surface area contributed by atoms with Crippen molar-refractivity contribution >= 4 is 16.9 Å². The standard InChI is InChI=1S/C17H18N2O4/c1-3-4-15-18-16(23-19-15)10-22-17(20)8-12-9-21-14-7-11(2)5-6-13(12)14/h5-7,9H,3-4,8,10H2,1-2H3. The Morgan fingerprint density at radius 2 is 2.22 bits per heavy atom. The Hall–Kier alpha value is -2.63. The van der Waals surface area contributed by atoms with Crippen LogP contribution in [0.2, 0.25) is 0 Å². The SMILES string of the molecule is CCCc1noc(COC(=O)Cc2coc3cc(C)ccc23)n1. The molecule has 0 saturated heterocycles. The van der Waals surface area contributed by atoms with Crippen LogP contribution in [0.5, 0.6) is 0 Å². The van der Waals surface area contributed by atoms with Crippen LogP contribution in [-0.4, -0.2) is 16.1 Å². The zero-order chi connectivity index (χ0) is 16.2. The molecule has 6 nitrogen and oxygen atoms in total. The van der Waals surface area contributed by atoms with Crippen molar-refractivity contribution in [2.45, 2.75) is 39.7 Å². The maximum absolute atomic E-state index is 12.0. The van der Waals surface area contributed by atoms with E-state index in [1.165, 1.54) is 0 Å². The second-order valence-electron chi connectivity index (χ2n) is 5.45. The Morgan fingerprint density at radius 1 is 1.35 bits per heavy atom. The summed E-state index contributed by atoms with van der Waals surface area (Å²) in [5.41, 5.74) is 2.69. The lowest BCUT2D eigenvalue weighted by Crippen LogP contribution is -2.08. The van der Waals surface area contributed by atoms with Gasteiger partial charge in [0.15, 0.2) is 12.4 Å². The first-order chi connectivity index (χ1) is 11.2. The number of carbonyl (C=O) groups excluding carboxylic acids is 1. The maximum atomic E-state index is 12.0. The molecule has 0 radical (unpaired) electrons. The number of carbonyl (C=O) groups is 1. The molecule has 3 aromatic rings. The van der Waals surface area contributed by atoms with Gasteiger partial charge in [-0.2, -0.15) is 4.98 Å². The van der Waals surface area contributed by atoms with E-state index in [2.05, 4.69) is 10.1 Å². The third-order valence-corrected chi connectivity index (χ3v) is 3.49. The number of ether oxygens (including phenoxy) is 1. The molecule has 0 bridgehead atoms. The minimum atomic E-state index is -0.358. The average Bonchev–Trinajstić information content (AvgIpc) is 3.13. The molecule has 3 rings (SSSR count). The Labute approximate surface area is 133 Å². The topological polar surface area (TPSA) is 78.4 Å². The first-order valence-electron chi connectivity index (χ1n) is 7.59. The summed E-state index contributed by atoms with van der Waals surface area (Å²) in [6.07, 6.45) is 3.42. The number of esters is 1. The molecule has 6 heteroatoms. The molecule has 0 aliphatic heterocycles. The number of rotatable bonds is 6. The Kier molecular flexibility index (Phi) is 4.41. The van der Waals surface area contributed by atoms with Crippen molar-refractivity contribution in [2.75, 3.05) is 0 Å². The molecule has 0 aliphatic carbocycles. The summed E-state index contributed by atoms with van der Waals surface area (Å²) in [5.74, 6) is 0.591. The van der Waals surface area contributed by atoms with Gasteiger partial charge in [-0.05, 0) is 25.0 Å². The Morgan fingerprint density at radius 3 is 3.04 bits per heavy atom. The summed E-state index contributed by atoms with van der Waals surface area (Å²) in [5, 5.41) is 4.74. The smallest absolute Gasteiger partial charge is 0.310 e. The van der Waals surface area contributed by atoms with E-state index in [4.69, 9.17) is 13.7 Å². The van der Waals surface area contributed by atoms with Crippen molar-refractivity contribution in [3.05, 3.63) is 47.3 Å². The minimum absolute atomic E-state index is 0.00948. The fourth-order valence-electron chi connectivity index (χ4n) is 2.35. The van der Waals surface area contributed by atoms with Crippen LogP contribution < -0.4 is 0 Å². The third kappa shape index (κ3) is 3.59. The van der Waals surface area contributed by atoms with Gasteiger partial charge in [-0.3, -0.25) is 4.79 Å². The summed E-state index contributed by atoms with van der Waals surface area (Å²) in [6.45, 7) is 4.02. The molecular formula is C17H18N2O4. The van der Waals surface area contributed by atoms with Gasteiger partial charge in [-0.1, -0.05) is 24.2 Å². The molecular weight excluding hydrogens is 296 g/mol. The van der Waals surface area contributed by atoms with E-state index in [1.807, 2.05) is 32.0 Å². The van der Waals surface area contributed by atoms with Gasteiger partial charge in [0.2, 0.25) is 0 Å². The lowest BCUT2D eigenvalue weighted by atomic mass is 10.1. The van der Waals surface area contributed by atoms with E-state index in [9.17, 15) is 4.79 Å². The van der Waals surface area contributed by atoms with Gasteiger partial charge < -0.3 is 13.7 Å². The number of hydrogen-bond acceptors (Lipinski definition) is 6. The summed E-state index contributed by atoms with van der Waals surface area (Å²) in [4.78, 5) is 16.1. The number of aryl methyl sites for hydroxylation is 2. The van der Waals surface area contributed by atoms with Crippen LogP contribution in [-0.2, 0) is 29.0 Å². The predicted molar refractivity (Wildman–Crippen MR) is 82.7 cm³/mol. The highest BCUT2D eigenvalue weighted by molar-refractivity contribution is 5.86. The average molecular weight is 314 g/mol. The molecule has 0 N–H and O–H groups in total. The van der Waals surface area contributed by atoms with Gasteiger partial charge in [-0.15, -0.1) is 0 Å². The van der Waals surface area contributed by atoms with E-state index >= 15 is 0 Å². The molecule has 120 valence electrons. The van der Waals surface area contributed by atoms with Gasteiger partial charge in [0.05, 0.1) is 12.7 Å². The molecule has 2 heterocycles. The van der Waals surface area contributed by atoms with Crippen LogP contribution in [0.3, 0.4) is 0 Å². The van der Waals surface area contributed by atoms with Gasteiger partial charge in [0.1, 0.15) is 5.58 Å². The van der Waals surface area contributed by atoms with Crippen LogP contribution in [0.25, 0.3) is 11.0 Å². The molecule has 0 fully saturated rings. The monoisotopic (exact) mass is 314 g/mol. The lowest BCUT2D eigenvalue weighted by Gasteiger charge is -2.00. The highest BCUT2D eigenvalue weighted by Crippen LogP contribution is 2.23. The van der Waals surface area contributed by atoms with E-state index in [0.717, 1.165) is 34.9 Å². The van der Waals surface area contributed by atoms with Crippen LogP contribution in [0, 0.1) is 6.92 Å². The number of aromatic nitrogens is 2. The van der Waals surface area contributed by atoms with Crippen molar-refractivity contribution in [2.24, 2.45) is 0 Å². The highest BCUT2D eigenvalue weighted by Gasteiger charge is 2.13. The van der Waals surface area contributed by atoms with Crippen molar-refractivity contribution in [3.63, 3.8) is 0 Å². The summed E-state index contributed by atoms with van der Waals surface area (Å²) in [6, 6.07) is 5.88. The maximum Gasteiger partial charge on any atom is 0.310 e. The van der Waals surface area contributed by atoms with Gasteiger partial charge in [0, 0.05) is 17.4 Å². The highest BCUT2D eigenvalue weighted by atomic mass is 16.6. The fraction of sp³-hybridized carbons (Fsp3) is 0.353. The van der Waals surface area contributed by atoms with Crippen LogP contribution in [0.4, 0.5) is 0 Å². The molecule has 0 aliphatic rings. The largest absolute Gasteiger partial charge is 0.464 e. The van der Waals surface area contributed by atoms with E-state index in [0.29, 0.717) is 11.7 Å². The first kappa shape index (κ1) is 15.3. The van der Waals surface area contributed by atoms with Crippen LogP contribution in [0.1, 0.15) is 36.2 Å². The van der Waals surface area contributed by atoms with Crippen molar-refractivity contribution in [1.82, 2.24) is 10.1 Å². The third-order valence-electron chi connectivity index (χ3n) is 3.49. The first-order valence-corrected chi connectivity index (χ1v) is 7.59. The molecule has 1 aromatic carbocycles. The predicted octanol–water partition coefficient (Wildman–Crippen LogP) is 3.36. The molecule has 2 aromatic heterocycles. The van der Waals surface area contributed by atoms with Crippen molar-refractivity contribution in [3.8, 4) is 0 Å². The van der Waals surface area contributed by atoms with Crippen LogP contribution >= 0.6 is 0 Å². The Balaban J connectivity index is 1.59. The van der Waals surface area contributed by atoms with Gasteiger partial charge >= 0.3 is 5.97 Å². The summed E-state index contributed by atoms with van der Waals surface area (Å²) < 4.78 is 15.7. The van der Waals surface area contributed by atoms with Gasteiger partial charge in [-0.25, -0.2) is 0 Å². The zero-order valence-electron chi connectivity index (χ0n) is 13.2. The summed E-state index contributed by atoms with van der Waals surface area (Å²) in [7, 11) is 0.